The normalized spacial score (nSPS) is 21.0. The summed E-state index contributed by atoms with van der Waals surface area (Å²) in [6.07, 6.45) is 2.28. The summed E-state index contributed by atoms with van der Waals surface area (Å²) in [6.45, 7) is 4.12. The molecule has 0 saturated heterocycles. The molecule has 2 aromatic rings. The van der Waals surface area contributed by atoms with Gasteiger partial charge >= 0.3 is 0 Å². The molecule has 1 fully saturated rings. The van der Waals surface area contributed by atoms with Gasteiger partial charge in [-0.3, -0.25) is 0 Å². The maximum atomic E-state index is 13.4. The number of nitrogens with one attached hydrogen (secondary N) is 1. The molecule has 0 spiro atoms. The van der Waals surface area contributed by atoms with Crippen molar-refractivity contribution in [2.24, 2.45) is 0 Å². The summed E-state index contributed by atoms with van der Waals surface area (Å²) in [7, 11) is 0. The van der Waals surface area contributed by atoms with E-state index < -0.39 is 0 Å². The molecule has 2 aromatic carbocycles. The lowest BCUT2D eigenvalue weighted by atomic mass is 9.74. The van der Waals surface area contributed by atoms with Gasteiger partial charge in [0, 0.05) is 11.7 Å². The molecule has 0 atom stereocenters. The largest absolute Gasteiger partial charge is 0.382 e. The Bertz CT molecular complexity index is 662. The van der Waals surface area contributed by atoms with Crippen molar-refractivity contribution in [3.05, 3.63) is 63.4 Å². The Balaban J connectivity index is 1.65. The van der Waals surface area contributed by atoms with Crippen molar-refractivity contribution in [3.8, 4) is 0 Å². The van der Waals surface area contributed by atoms with Gasteiger partial charge in [-0.05, 0) is 77.4 Å². The topological polar surface area (TPSA) is 12.0 Å². The van der Waals surface area contributed by atoms with Gasteiger partial charge in [0.1, 0.15) is 5.82 Å². The van der Waals surface area contributed by atoms with Crippen LogP contribution in [0.5, 0.6) is 0 Å². The summed E-state index contributed by atoms with van der Waals surface area (Å²) >= 11 is 3.25. The Morgan fingerprint density at radius 1 is 1.10 bits per heavy atom. The van der Waals surface area contributed by atoms with Gasteiger partial charge in [0.25, 0.3) is 0 Å². The molecule has 1 aliphatic rings. The molecule has 0 amide bonds. The SMILES string of the molecule is Cc1cc(F)c(Br)cc1NC1CC(c2ccccc2C)C1. The Morgan fingerprint density at radius 3 is 2.52 bits per heavy atom. The first kappa shape index (κ1) is 14.6. The van der Waals surface area contributed by atoms with E-state index in [2.05, 4.69) is 52.4 Å². The number of hydrogen-bond donors (Lipinski definition) is 1. The van der Waals surface area contributed by atoms with E-state index in [0.717, 1.165) is 24.1 Å². The van der Waals surface area contributed by atoms with Crippen LogP contribution in [-0.4, -0.2) is 6.04 Å². The molecular formula is C18H19BrFN. The minimum Gasteiger partial charge on any atom is -0.382 e. The number of rotatable bonds is 3. The van der Waals surface area contributed by atoms with Gasteiger partial charge in [0.05, 0.1) is 4.47 Å². The monoisotopic (exact) mass is 347 g/mol. The molecule has 3 rings (SSSR count). The molecule has 1 aliphatic carbocycles. The zero-order chi connectivity index (χ0) is 15.0. The molecular weight excluding hydrogens is 329 g/mol. The van der Waals surface area contributed by atoms with Gasteiger partial charge in [-0.1, -0.05) is 24.3 Å². The smallest absolute Gasteiger partial charge is 0.137 e. The second kappa shape index (κ2) is 5.80. The van der Waals surface area contributed by atoms with E-state index in [0.29, 0.717) is 16.4 Å². The van der Waals surface area contributed by atoms with Crippen molar-refractivity contribution in [2.45, 2.75) is 38.6 Å². The van der Waals surface area contributed by atoms with Crippen molar-refractivity contribution < 1.29 is 4.39 Å². The molecule has 3 heteroatoms. The average molecular weight is 348 g/mol. The molecule has 0 aliphatic heterocycles. The number of halogens is 2. The quantitative estimate of drug-likeness (QED) is 0.765. The van der Waals surface area contributed by atoms with Crippen LogP contribution in [0.4, 0.5) is 10.1 Å². The fourth-order valence-electron chi connectivity index (χ4n) is 3.06. The highest BCUT2D eigenvalue weighted by Gasteiger charge is 2.31. The lowest BCUT2D eigenvalue weighted by Gasteiger charge is -2.38. The minimum absolute atomic E-state index is 0.204. The zero-order valence-corrected chi connectivity index (χ0v) is 13.9. The van der Waals surface area contributed by atoms with Crippen LogP contribution in [-0.2, 0) is 0 Å². The maximum Gasteiger partial charge on any atom is 0.137 e. The van der Waals surface area contributed by atoms with E-state index in [4.69, 9.17) is 0 Å². The van der Waals surface area contributed by atoms with Gasteiger partial charge in [-0.2, -0.15) is 0 Å². The molecule has 0 unspecified atom stereocenters. The van der Waals surface area contributed by atoms with Crippen LogP contribution in [0, 0.1) is 19.7 Å². The van der Waals surface area contributed by atoms with E-state index in [9.17, 15) is 4.39 Å². The van der Waals surface area contributed by atoms with E-state index in [-0.39, 0.29) is 5.82 Å². The summed E-state index contributed by atoms with van der Waals surface area (Å²) in [5.41, 5.74) is 4.82. The molecule has 1 saturated carbocycles. The fourth-order valence-corrected chi connectivity index (χ4v) is 3.40. The zero-order valence-electron chi connectivity index (χ0n) is 12.3. The number of benzene rings is 2. The maximum absolute atomic E-state index is 13.4. The average Bonchev–Trinajstić information content (AvgIpc) is 2.40. The first-order chi connectivity index (χ1) is 10.0. The van der Waals surface area contributed by atoms with Gasteiger partial charge in [0.15, 0.2) is 0 Å². The van der Waals surface area contributed by atoms with Gasteiger partial charge in [-0.25, -0.2) is 4.39 Å². The second-order valence-corrected chi connectivity index (χ2v) is 6.80. The first-order valence-corrected chi connectivity index (χ1v) is 8.11. The third kappa shape index (κ3) is 2.98. The molecule has 21 heavy (non-hydrogen) atoms. The van der Waals surface area contributed by atoms with E-state index in [1.165, 1.54) is 11.1 Å². The van der Waals surface area contributed by atoms with Crippen LogP contribution in [0.3, 0.4) is 0 Å². The summed E-state index contributed by atoms with van der Waals surface area (Å²) in [5, 5.41) is 3.54. The highest BCUT2D eigenvalue weighted by molar-refractivity contribution is 9.10. The summed E-state index contributed by atoms with van der Waals surface area (Å²) in [5.74, 6) is 0.442. The minimum atomic E-state index is -0.204. The van der Waals surface area contributed by atoms with Crippen molar-refractivity contribution >= 4 is 21.6 Å². The third-order valence-corrected chi connectivity index (χ3v) is 5.00. The van der Waals surface area contributed by atoms with Crippen molar-refractivity contribution in [3.63, 3.8) is 0 Å². The standard InChI is InChI=1S/C18H19BrFN/c1-11-5-3-4-6-15(11)13-8-14(9-13)21-18-10-16(19)17(20)7-12(18)2/h3-7,10,13-14,21H,8-9H2,1-2H3. The van der Waals surface area contributed by atoms with E-state index in [1.807, 2.05) is 13.0 Å². The predicted octanol–water partition coefficient (Wildman–Crippen LogP) is 5.56. The van der Waals surface area contributed by atoms with Gasteiger partial charge in [0.2, 0.25) is 0 Å². The van der Waals surface area contributed by atoms with Crippen molar-refractivity contribution in [2.75, 3.05) is 5.32 Å². The van der Waals surface area contributed by atoms with Gasteiger partial charge < -0.3 is 5.32 Å². The summed E-state index contributed by atoms with van der Waals surface area (Å²) in [6, 6.07) is 12.5. The predicted molar refractivity (Wildman–Crippen MR) is 89.4 cm³/mol. The molecule has 1 N–H and O–H groups in total. The summed E-state index contributed by atoms with van der Waals surface area (Å²) < 4.78 is 14.0. The number of hydrogen-bond acceptors (Lipinski definition) is 1. The summed E-state index contributed by atoms with van der Waals surface area (Å²) in [4.78, 5) is 0. The van der Waals surface area contributed by atoms with Crippen LogP contribution < -0.4 is 5.32 Å². The Kier molecular flexibility index (Phi) is 4.03. The molecule has 0 radical (unpaired) electrons. The fraction of sp³-hybridized carbons (Fsp3) is 0.333. The third-order valence-electron chi connectivity index (χ3n) is 4.39. The van der Waals surface area contributed by atoms with Crippen LogP contribution in [0.25, 0.3) is 0 Å². The molecule has 1 nitrogen and oxygen atoms in total. The number of anilines is 1. The van der Waals surface area contributed by atoms with Crippen LogP contribution in [0.15, 0.2) is 40.9 Å². The lowest BCUT2D eigenvalue weighted by Crippen LogP contribution is -2.34. The molecule has 0 bridgehead atoms. The Labute approximate surface area is 133 Å². The first-order valence-electron chi connectivity index (χ1n) is 7.32. The van der Waals surface area contributed by atoms with E-state index in [1.54, 1.807) is 6.07 Å². The highest BCUT2D eigenvalue weighted by atomic mass is 79.9. The molecule has 0 aromatic heterocycles. The molecule has 110 valence electrons. The lowest BCUT2D eigenvalue weighted by molar-refractivity contribution is 0.373. The van der Waals surface area contributed by atoms with Crippen LogP contribution >= 0.6 is 15.9 Å². The number of aryl methyl sites for hydroxylation is 2. The Morgan fingerprint density at radius 2 is 1.81 bits per heavy atom. The Hall–Kier alpha value is -1.35. The van der Waals surface area contributed by atoms with Crippen molar-refractivity contribution in [1.82, 2.24) is 0 Å². The van der Waals surface area contributed by atoms with Crippen LogP contribution in [0.1, 0.15) is 35.4 Å². The van der Waals surface area contributed by atoms with Gasteiger partial charge in [-0.15, -0.1) is 0 Å². The van der Waals surface area contributed by atoms with E-state index >= 15 is 0 Å². The van der Waals surface area contributed by atoms with Crippen LogP contribution in [0.2, 0.25) is 0 Å². The highest BCUT2D eigenvalue weighted by Crippen LogP contribution is 2.40. The van der Waals surface area contributed by atoms with Crippen molar-refractivity contribution in [1.29, 1.82) is 0 Å². The molecule has 0 heterocycles. The second-order valence-electron chi connectivity index (χ2n) is 5.95.